The monoisotopic (exact) mass is 287 g/mol. The van der Waals surface area contributed by atoms with Crippen molar-refractivity contribution in [1.29, 1.82) is 10.5 Å². The van der Waals surface area contributed by atoms with E-state index in [1.807, 2.05) is 6.92 Å². The van der Waals surface area contributed by atoms with Crippen LogP contribution in [-0.4, -0.2) is 11.5 Å². The first-order chi connectivity index (χ1) is 9.39. The summed E-state index contributed by atoms with van der Waals surface area (Å²) in [5.74, 6) is 0.245. The van der Waals surface area contributed by atoms with Crippen molar-refractivity contribution in [3.63, 3.8) is 0 Å². The summed E-state index contributed by atoms with van der Waals surface area (Å²) in [5.41, 5.74) is 2.19. The summed E-state index contributed by atoms with van der Waals surface area (Å²) >= 11 is 1.33. The molecule has 0 fully saturated rings. The van der Waals surface area contributed by atoms with E-state index < -0.39 is 0 Å². The molecule has 0 radical (unpaired) electrons. The lowest BCUT2D eigenvalue weighted by atomic mass is 9.71. The Kier molecular flexibility index (Phi) is 3.92. The molecular weight excluding hydrogens is 270 g/mol. The molecular formula is C15H17N3OS. The maximum Gasteiger partial charge on any atom is 0.161 e. The number of thioether (sulfide) groups is 1. The Hall–Kier alpha value is -1.72. The fourth-order valence-electron chi connectivity index (χ4n) is 2.86. The van der Waals surface area contributed by atoms with Gasteiger partial charge in [-0.1, -0.05) is 32.5 Å². The first kappa shape index (κ1) is 14.7. The average molecular weight is 287 g/mol. The third-order valence-electron chi connectivity index (χ3n) is 3.70. The molecule has 0 aromatic heterocycles. The second-order valence-corrected chi connectivity index (χ2v) is 6.97. The number of hydrogen-bond acceptors (Lipinski definition) is 5. The minimum Gasteiger partial charge on any atom is -0.352 e. The van der Waals surface area contributed by atoms with Crippen molar-refractivity contribution in [2.75, 3.05) is 5.75 Å². The van der Waals surface area contributed by atoms with Gasteiger partial charge in [0.05, 0.1) is 28.5 Å². The Bertz CT molecular complexity index is 602. The van der Waals surface area contributed by atoms with Crippen molar-refractivity contribution >= 4 is 17.5 Å². The van der Waals surface area contributed by atoms with E-state index in [0.717, 1.165) is 22.7 Å². The molecule has 1 atom stereocenters. The number of nitrogens with zero attached hydrogens (tertiary/aromatic N) is 2. The third kappa shape index (κ3) is 2.59. The number of nitrogens with one attached hydrogen (secondary N) is 1. The van der Waals surface area contributed by atoms with E-state index in [-0.39, 0.29) is 17.1 Å². The summed E-state index contributed by atoms with van der Waals surface area (Å²) in [6, 6.07) is 4.26. The van der Waals surface area contributed by atoms with Crippen LogP contribution >= 0.6 is 11.8 Å². The van der Waals surface area contributed by atoms with Crippen LogP contribution in [0.25, 0.3) is 0 Å². The highest BCUT2D eigenvalue weighted by atomic mass is 32.2. The molecule has 4 nitrogen and oxygen atoms in total. The molecule has 1 aliphatic heterocycles. The lowest BCUT2D eigenvalue weighted by Gasteiger charge is -2.37. The molecule has 1 N–H and O–H groups in total. The van der Waals surface area contributed by atoms with E-state index in [0.29, 0.717) is 17.7 Å². The van der Waals surface area contributed by atoms with Gasteiger partial charge in [0.2, 0.25) is 0 Å². The van der Waals surface area contributed by atoms with Crippen molar-refractivity contribution in [2.24, 2.45) is 11.3 Å². The smallest absolute Gasteiger partial charge is 0.161 e. The largest absolute Gasteiger partial charge is 0.352 e. The lowest BCUT2D eigenvalue weighted by Crippen LogP contribution is -2.36. The minimum absolute atomic E-state index is 0.0577. The van der Waals surface area contributed by atoms with E-state index in [9.17, 15) is 10.1 Å². The number of hydrogen-bond donors (Lipinski definition) is 1. The van der Waals surface area contributed by atoms with Crippen LogP contribution < -0.4 is 5.32 Å². The maximum atomic E-state index is 12.3. The summed E-state index contributed by atoms with van der Waals surface area (Å²) < 4.78 is 0. The molecule has 0 amide bonds. The molecule has 5 heteroatoms. The standard InChI is InChI=1S/C15H17N3OS/c1-9-10(8-17)14(20-5-4-16)18-11-6-15(2,3)7-12(19)13(9)11/h9,18H,5-7H2,1-3H3/t9-/m0/s1. The third-order valence-corrected chi connectivity index (χ3v) is 4.58. The van der Waals surface area contributed by atoms with Gasteiger partial charge in [0, 0.05) is 23.6 Å². The van der Waals surface area contributed by atoms with Gasteiger partial charge in [-0.15, -0.1) is 0 Å². The number of Topliss-reactive ketones (excluding diaryl/α,β-unsaturated/α-hetero) is 1. The Morgan fingerprint density at radius 1 is 1.40 bits per heavy atom. The van der Waals surface area contributed by atoms with Gasteiger partial charge in [-0.2, -0.15) is 10.5 Å². The van der Waals surface area contributed by atoms with Crippen molar-refractivity contribution in [2.45, 2.75) is 33.6 Å². The van der Waals surface area contributed by atoms with Crippen LogP contribution in [0, 0.1) is 34.0 Å². The molecule has 0 aromatic rings. The Morgan fingerprint density at radius 2 is 2.10 bits per heavy atom. The van der Waals surface area contributed by atoms with Crippen LogP contribution in [-0.2, 0) is 4.79 Å². The van der Waals surface area contributed by atoms with Crippen LogP contribution in [0.2, 0.25) is 0 Å². The number of carbonyl (C=O) groups is 1. The molecule has 0 aromatic carbocycles. The summed E-state index contributed by atoms with van der Waals surface area (Å²) in [4.78, 5) is 12.3. The molecule has 0 unspecified atom stereocenters. The molecule has 20 heavy (non-hydrogen) atoms. The Balaban J connectivity index is 2.39. The fourth-order valence-corrected chi connectivity index (χ4v) is 3.64. The number of dihydropyridines is 1. The van der Waals surface area contributed by atoms with Gasteiger partial charge in [0.1, 0.15) is 0 Å². The van der Waals surface area contributed by atoms with Gasteiger partial charge in [-0.3, -0.25) is 4.79 Å². The van der Waals surface area contributed by atoms with Crippen molar-refractivity contribution in [1.82, 2.24) is 5.32 Å². The van der Waals surface area contributed by atoms with E-state index >= 15 is 0 Å². The van der Waals surface area contributed by atoms with Gasteiger partial charge < -0.3 is 5.32 Å². The minimum atomic E-state index is -0.180. The first-order valence-electron chi connectivity index (χ1n) is 6.57. The molecule has 0 spiro atoms. The average Bonchev–Trinajstić information content (AvgIpc) is 2.34. The number of carbonyl (C=O) groups excluding carboxylic acids is 1. The van der Waals surface area contributed by atoms with Crippen molar-refractivity contribution in [3.8, 4) is 12.1 Å². The van der Waals surface area contributed by atoms with E-state index in [2.05, 4.69) is 31.3 Å². The maximum absolute atomic E-state index is 12.3. The fraction of sp³-hybridized carbons (Fsp3) is 0.533. The number of ketones is 1. The number of nitriles is 2. The first-order valence-corrected chi connectivity index (χ1v) is 7.55. The highest BCUT2D eigenvalue weighted by molar-refractivity contribution is 8.03. The van der Waals surface area contributed by atoms with Gasteiger partial charge in [0.25, 0.3) is 0 Å². The van der Waals surface area contributed by atoms with Crippen LogP contribution in [0.1, 0.15) is 33.6 Å². The zero-order valence-corrected chi connectivity index (χ0v) is 12.7. The van der Waals surface area contributed by atoms with Gasteiger partial charge in [0.15, 0.2) is 5.78 Å². The highest BCUT2D eigenvalue weighted by Crippen LogP contribution is 2.43. The summed E-state index contributed by atoms with van der Waals surface area (Å²) in [6.45, 7) is 6.05. The number of allylic oxidation sites excluding steroid dienone is 3. The molecule has 0 bridgehead atoms. The molecule has 104 valence electrons. The second kappa shape index (κ2) is 5.34. The Morgan fingerprint density at radius 3 is 2.70 bits per heavy atom. The molecule has 1 aliphatic carbocycles. The van der Waals surface area contributed by atoms with Crippen LogP contribution in [0.4, 0.5) is 0 Å². The molecule has 0 saturated heterocycles. The van der Waals surface area contributed by atoms with Crippen molar-refractivity contribution in [3.05, 3.63) is 21.9 Å². The van der Waals surface area contributed by atoms with Crippen LogP contribution in [0.5, 0.6) is 0 Å². The quantitative estimate of drug-likeness (QED) is 0.845. The van der Waals surface area contributed by atoms with Gasteiger partial charge in [-0.25, -0.2) is 0 Å². The van der Waals surface area contributed by atoms with Crippen molar-refractivity contribution < 1.29 is 4.79 Å². The summed E-state index contributed by atoms with van der Waals surface area (Å²) in [5, 5.41) is 22.0. The summed E-state index contributed by atoms with van der Waals surface area (Å²) in [6.07, 6.45) is 1.32. The van der Waals surface area contributed by atoms with Crippen LogP contribution in [0.3, 0.4) is 0 Å². The molecule has 1 heterocycles. The number of rotatable bonds is 2. The SMILES string of the molecule is C[C@H]1C(C#N)=C(SCC#N)NC2=C1C(=O)CC(C)(C)C2. The van der Waals surface area contributed by atoms with Gasteiger partial charge >= 0.3 is 0 Å². The van der Waals surface area contributed by atoms with E-state index in [4.69, 9.17) is 5.26 Å². The van der Waals surface area contributed by atoms with E-state index in [1.54, 1.807) is 0 Å². The highest BCUT2D eigenvalue weighted by Gasteiger charge is 2.39. The summed E-state index contributed by atoms with van der Waals surface area (Å²) in [7, 11) is 0. The van der Waals surface area contributed by atoms with E-state index in [1.165, 1.54) is 11.8 Å². The zero-order chi connectivity index (χ0) is 14.9. The molecule has 0 saturated carbocycles. The van der Waals surface area contributed by atoms with Crippen LogP contribution in [0.15, 0.2) is 21.9 Å². The zero-order valence-electron chi connectivity index (χ0n) is 11.9. The Labute approximate surface area is 123 Å². The topological polar surface area (TPSA) is 76.7 Å². The van der Waals surface area contributed by atoms with Gasteiger partial charge in [-0.05, 0) is 11.8 Å². The molecule has 2 rings (SSSR count). The predicted molar refractivity (Wildman–Crippen MR) is 78.1 cm³/mol. The normalized spacial score (nSPS) is 24.6. The predicted octanol–water partition coefficient (Wildman–Crippen LogP) is 2.86. The second-order valence-electron chi connectivity index (χ2n) is 5.98. The lowest BCUT2D eigenvalue weighted by molar-refractivity contribution is -0.118. The molecule has 2 aliphatic rings.